The van der Waals surface area contributed by atoms with E-state index in [0.717, 1.165) is 22.5 Å². The van der Waals surface area contributed by atoms with Crippen molar-refractivity contribution < 1.29 is 9.21 Å². The third-order valence-corrected chi connectivity index (χ3v) is 4.46. The molecule has 0 aliphatic carbocycles. The predicted molar refractivity (Wildman–Crippen MR) is 100 cm³/mol. The number of pyridine rings is 1. The Balaban J connectivity index is 1.44. The van der Waals surface area contributed by atoms with Gasteiger partial charge in [-0.1, -0.05) is 29.5 Å². The van der Waals surface area contributed by atoms with E-state index in [0.29, 0.717) is 17.2 Å². The minimum absolute atomic E-state index is 0.263. The van der Waals surface area contributed by atoms with E-state index in [1.54, 1.807) is 23.8 Å². The zero-order valence-corrected chi connectivity index (χ0v) is 14.7. The van der Waals surface area contributed by atoms with E-state index < -0.39 is 0 Å². The second kappa shape index (κ2) is 6.93. The molecule has 3 aromatic heterocycles. The van der Waals surface area contributed by atoms with Gasteiger partial charge < -0.3 is 9.32 Å². The third-order valence-electron chi connectivity index (χ3n) is 3.85. The summed E-state index contributed by atoms with van der Waals surface area (Å²) in [7, 11) is 1.93. The fraction of sp³-hybridized carbons (Fsp3) is 0.111. The number of fused-ring (bicyclic) bond motifs is 1. The smallest absolute Gasteiger partial charge is 0.259 e. The number of carbonyl (C=O) groups is 1. The standard InChI is InChI=1S/C18H15N5O2S/c1-23(10-14-8-12-4-2-3-5-15(12)25-14)16-7-6-13(9-19-16)17(24)21-18-22-20-11-26-18/h2-9,11H,10H2,1H3,(H,21,22,24). The van der Waals surface area contributed by atoms with Crippen LogP contribution < -0.4 is 10.2 Å². The number of para-hydroxylation sites is 1. The summed E-state index contributed by atoms with van der Waals surface area (Å²) in [6.45, 7) is 0.581. The number of nitrogens with zero attached hydrogens (tertiary/aromatic N) is 4. The largest absolute Gasteiger partial charge is 0.459 e. The van der Waals surface area contributed by atoms with Crippen LogP contribution in [0.1, 0.15) is 16.1 Å². The number of carbonyl (C=O) groups excluding carboxylic acids is 1. The van der Waals surface area contributed by atoms with Gasteiger partial charge in [0.2, 0.25) is 5.13 Å². The Morgan fingerprint density at radius 2 is 2.15 bits per heavy atom. The summed E-state index contributed by atoms with van der Waals surface area (Å²) in [5.74, 6) is 1.34. The average molecular weight is 365 g/mol. The van der Waals surface area contributed by atoms with Gasteiger partial charge in [0.15, 0.2) is 0 Å². The van der Waals surface area contributed by atoms with Crippen molar-refractivity contribution in [3.05, 3.63) is 65.5 Å². The van der Waals surface area contributed by atoms with Gasteiger partial charge in [0.25, 0.3) is 5.91 Å². The van der Waals surface area contributed by atoms with Gasteiger partial charge >= 0.3 is 0 Å². The maximum absolute atomic E-state index is 12.1. The first-order valence-electron chi connectivity index (χ1n) is 7.91. The zero-order valence-electron chi connectivity index (χ0n) is 13.9. The molecule has 130 valence electrons. The van der Waals surface area contributed by atoms with Crippen molar-refractivity contribution in [3.63, 3.8) is 0 Å². The summed E-state index contributed by atoms with van der Waals surface area (Å²) < 4.78 is 5.84. The van der Waals surface area contributed by atoms with Crippen molar-refractivity contribution in [2.24, 2.45) is 0 Å². The minimum atomic E-state index is -0.263. The van der Waals surface area contributed by atoms with Gasteiger partial charge in [0.05, 0.1) is 12.1 Å². The van der Waals surface area contributed by atoms with Crippen LogP contribution in [-0.4, -0.2) is 28.1 Å². The molecule has 3 heterocycles. The molecule has 0 aliphatic heterocycles. The van der Waals surface area contributed by atoms with Crippen LogP contribution in [0.4, 0.5) is 10.9 Å². The van der Waals surface area contributed by atoms with Gasteiger partial charge in [-0.2, -0.15) is 0 Å². The van der Waals surface area contributed by atoms with E-state index in [2.05, 4.69) is 20.5 Å². The molecule has 1 N–H and O–H groups in total. The first-order valence-corrected chi connectivity index (χ1v) is 8.79. The van der Waals surface area contributed by atoms with Gasteiger partial charge in [0, 0.05) is 18.6 Å². The van der Waals surface area contributed by atoms with E-state index in [9.17, 15) is 4.79 Å². The highest BCUT2D eigenvalue weighted by atomic mass is 32.1. The molecule has 1 amide bonds. The molecule has 26 heavy (non-hydrogen) atoms. The fourth-order valence-corrected chi connectivity index (χ4v) is 3.01. The topological polar surface area (TPSA) is 84.2 Å². The summed E-state index contributed by atoms with van der Waals surface area (Å²) in [4.78, 5) is 18.5. The van der Waals surface area contributed by atoms with Crippen molar-refractivity contribution in [3.8, 4) is 0 Å². The number of furan rings is 1. The Morgan fingerprint density at radius 1 is 1.27 bits per heavy atom. The van der Waals surface area contributed by atoms with E-state index in [4.69, 9.17) is 4.42 Å². The Bertz CT molecular complexity index is 994. The molecule has 0 unspecified atom stereocenters. The number of benzene rings is 1. The molecule has 0 bridgehead atoms. The maximum atomic E-state index is 12.1. The molecule has 0 atom stereocenters. The van der Waals surface area contributed by atoms with Crippen molar-refractivity contribution in [2.45, 2.75) is 6.54 Å². The number of anilines is 2. The molecule has 0 saturated carbocycles. The van der Waals surface area contributed by atoms with Gasteiger partial charge in [-0.05, 0) is 24.3 Å². The van der Waals surface area contributed by atoms with Crippen molar-refractivity contribution >= 4 is 39.2 Å². The molecule has 0 fully saturated rings. The number of nitrogens with one attached hydrogen (secondary N) is 1. The number of aromatic nitrogens is 3. The van der Waals surface area contributed by atoms with Gasteiger partial charge in [-0.25, -0.2) is 4.98 Å². The fourth-order valence-electron chi connectivity index (χ4n) is 2.57. The van der Waals surface area contributed by atoms with Crippen LogP contribution in [-0.2, 0) is 6.54 Å². The number of hydrogen-bond donors (Lipinski definition) is 1. The summed E-state index contributed by atoms with van der Waals surface area (Å²) in [5, 5.41) is 11.7. The second-order valence-corrected chi connectivity index (χ2v) is 6.54. The quantitative estimate of drug-likeness (QED) is 0.582. The van der Waals surface area contributed by atoms with Gasteiger partial charge in [0.1, 0.15) is 22.7 Å². The lowest BCUT2D eigenvalue weighted by Crippen LogP contribution is -2.18. The molecule has 0 radical (unpaired) electrons. The van der Waals surface area contributed by atoms with Crippen LogP contribution in [0.3, 0.4) is 0 Å². The number of rotatable bonds is 5. The molecule has 4 rings (SSSR count). The molecule has 7 nitrogen and oxygen atoms in total. The lowest BCUT2D eigenvalue weighted by Gasteiger charge is -2.16. The summed E-state index contributed by atoms with van der Waals surface area (Å²) in [6, 6.07) is 13.5. The van der Waals surface area contributed by atoms with Gasteiger partial charge in [-0.3, -0.25) is 10.1 Å². The minimum Gasteiger partial charge on any atom is -0.459 e. The predicted octanol–water partition coefficient (Wildman–Crippen LogP) is 3.57. The van der Waals surface area contributed by atoms with Crippen LogP contribution in [0.5, 0.6) is 0 Å². The van der Waals surface area contributed by atoms with Crippen LogP contribution in [0.25, 0.3) is 11.0 Å². The van der Waals surface area contributed by atoms with Crippen LogP contribution in [0, 0.1) is 0 Å². The Morgan fingerprint density at radius 3 is 2.88 bits per heavy atom. The van der Waals surface area contributed by atoms with Crippen LogP contribution in [0.15, 0.2) is 58.6 Å². The van der Waals surface area contributed by atoms with E-state index in [-0.39, 0.29) is 5.91 Å². The zero-order chi connectivity index (χ0) is 17.9. The second-order valence-electron chi connectivity index (χ2n) is 5.71. The molecular formula is C18H15N5O2S. The highest BCUT2D eigenvalue weighted by Crippen LogP contribution is 2.21. The Labute approximate surface area is 153 Å². The molecule has 0 spiro atoms. The van der Waals surface area contributed by atoms with Crippen molar-refractivity contribution in [1.29, 1.82) is 0 Å². The summed E-state index contributed by atoms with van der Waals surface area (Å²) in [6.07, 6.45) is 1.54. The summed E-state index contributed by atoms with van der Waals surface area (Å²) >= 11 is 1.26. The van der Waals surface area contributed by atoms with E-state index >= 15 is 0 Å². The van der Waals surface area contributed by atoms with Crippen molar-refractivity contribution in [2.75, 3.05) is 17.3 Å². The molecule has 4 aromatic rings. The highest BCUT2D eigenvalue weighted by Gasteiger charge is 2.11. The molecule has 1 aromatic carbocycles. The average Bonchev–Trinajstić information content (AvgIpc) is 3.30. The van der Waals surface area contributed by atoms with E-state index in [1.165, 1.54) is 11.3 Å². The molecular weight excluding hydrogens is 350 g/mol. The Hall–Kier alpha value is -3.26. The normalized spacial score (nSPS) is 10.8. The van der Waals surface area contributed by atoms with Crippen molar-refractivity contribution in [1.82, 2.24) is 15.2 Å². The summed E-state index contributed by atoms with van der Waals surface area (Å²) in [5.41, 5.74) is 2.89. The maximum Gasteiger partial charge on any atom is 0.259 e. The number of hydrogen-bond acceptors (Lipinski definition) is 7. The lowest BCUT2D eigenvalue weighted by atomic mass is 10.2. The molecule has 0 saturated heterocycles. The first-order chi connectivity index (χ1) is 12.7. The first kappa shape index (κ1) is 16.2. The SMILES string of the molecule is CN(Cc1cc2ccccc2o1)c1ccc(C(=O)Nc2nncs2)cn1. The lowest BCUT2D eigenvalue weighted by molar-refractivity contribution is 0.102. The van der Waals surface area contributed by atoms with Gasteiger partial charge in [-0.15, -0.1) is 10.2 Å². The molecule has 8 heteroatoms. The molecule has 0 aliphatic rings. The third kappa shape index (κ3) is 3.40. The van der Waals surface area contributed by atoms with Crippen LogP contribution >= 0.6 is 11.3 Å². The number of amides is 1. The Kier molecular flexibility index (Phi) is 4.32. The van der Waals surface area contributed by atoms with Crippen LogP contribution in [0.2, 0.25) is 0 Å². The highest BCUT2D eigenvalue weighted by molar-refractivity contribution is 7.13. The monoisotopic (exact) mass is 365 g/mol. The van der Waals surface area contributed by atoms with E-state index in [1.807, 2.05) is 42.3 Å².